The largest absolute Gasteiger partial charge is 0.326 e. The minimum atomic E-state index is -0.00604. The van der Waals surface area contributed by atoms with Crippen molar-refractivity contribution in [1.82, 2.24) is 0 Å². The number of fused-ring (bicyclic) bond motifs is 1. The van der Waals surface area contributed by atoms with Gasteiger partial charge in [0.25, 0.3) is 5.91 Å². The Bertz CT molecular complexity index is 997. The van der Waals surface area contributed by atoms with Gasteiger partial charge < -0.3 is 10.2 Å². The van der Waals surface area contributed by atoms with Crippen LogP contribution in [0, 0.1) is 0 Å². The highest BCUT2D eigenvalue weighted by Crippen LogP contribution is 2.29. The van der Waals surface area contributed by atoms with Crippen molar-refractivity contribution in [3.8, 4) is 0 Å². The van der Waals surface area contributed by atoms with Gasteiger partial charge >= 0.3 is 0 Å². The third-order valence-electron chi connectivity index (χ3n) is 5.26. The molecule has 4 heteroatoms. The van der Waals surface area contributed by atoms with Gasteiger partial charge in [0.05, 0.1) is 0 Å². The monoisotopic (exact) mass is 384 g/mol. The molecule has 0 unspecified atom stereocenters. The van der Waals surface area contributed by atoms with Gasteiger partial charge in [0.15, 0.2) is 0 Å². The number of amides is 2. The summed E-state index contributed by atoms with van der Waals surface area (Å²) < 4.78 is 0. The lowest BCUT2D eigenvalue weighted by Gasteiger charge is -2.17. The van der Waals surface area contributed by atoms with E-state index in [1.165, 1.54) is 11.1 Å². The van der Waals surface area contributed by atoms with Gasteiger partial charge in [0.1, 0.15) is 0 Å². The molecular weight excluding hydrogens is 360 g/mol. The van der Waals surface area contributed by atoms with Crippen molar-refractivity contribution in [3.05, 3.63) is 95.6 Å². The van der Waals surface area contributed by atoms with Crippen molar-refractivity contribution in [2.75, 3.05) is 16.8 Å². The molecule has 1 N–H and O–H groups in total. The van der Waals surface area contributed by atoms with E-state index >= 15 is 0 Å². The lowest BCUT2D eigenvalue weighted by atomic mass is 10.1. The summed E-state index contributed by atoms with van der Waals surface area (Å²) in [7, 11) is 0. The highest BCUT2D eigenvalue weighted by molar-refractivity contribution is 6.07. The van der Waals surface area contributed by atoms with Gasteiger partial charge in [-0.2, -0.15) is 0 Å². The van der Waals surface area contributed by atoms with Crippen LogP contribution in [0.1, 0.15) is 34.3 Å². The third-order valence-corrected chi connectivity index (χ3v) is 5.26. The molecule has 1 aliphatic heterocycles. The summed E-state index contributed by atoms with van der Waals surface area (Å²) in [5.74, 6) is -0.0100. The number of nitrogens with one attached hydrogen (secondary N) is 1. The quantitative estimate of drug-likeness (QED) is 0.660. The Morgan fingerprint density at radius 2 is 1.59 bits per heavy atom. The molecule has 3 aromatic rings. The van der Waals surface area contributed by atoms with E-state index in [4.69, 9.17) is 0 Å². The van der Waals surface area contributed by atoms with Gasteiger partial charge in [-0.25, -0.2) is 0 Å². The fourth-order valence-corrected chi connectivity index (χ4v) is 3.72. The van der Waals surface area contributed by atoms with E-state index in [9.17, 15) is 9.59 Å². The maximum Gasteiger partial charge on any atom is 0.258 e. The van der Waals surface area contributed by atoms with Crippen molar-refractivity contribution in [2.45, 2.75) is 25.7 Å². The van der Waals surface area contributed by atoms with Crippen LogP contribution in [0.15, 0.2) is 78.9 Å². The molecule has 29 heavy (non-hydrogen) atoms. The van der Waals surface area contributed by atoms with E-state index in [0.29, 0.717) is 24.2 Å². The summed E-state index contributed by atoms with van der Waals surface area (Å²) in [6, 6.07) is 25.3. The number of rotatable bonds is 6. The first-order chi connectivity index (χ1) is 14.2. The highest BCUT2D eigenvalue weighted by Gasteiger charge is 2.24. The first-order valence-electron chi connectivity index (χ1n) is 10.0. The van der Waals surface area contributed by atoms with Crippen LogP contribution in [0.25, 0.3) is 0 Å². The van der Waals surface area contributed by atoms with Gasteiger partial charge in [-0.3, -0.25) is 9.59 Å². The Hall–Kier alpha value is -3.40. The predicted molar refractivity (Wildman–Crippen MR) is 116 cm³/mol. The molecule has 1 heterocycles. The molecule has 2 amide bonds. The van der Waals surface area contributed by atoms with E-state index in [2.05, 4.69) is 23.5 Å². The average Bonchev–Trinajstić information content (AvgIpc) is 3.19. The topological polar surface area (TPSA) is 49.4 Å². The Balaban J connectivity index is 1.31. The molecule has 4 nitrogen and oxygen atoms in total. The number of aryl methyl sites for hydroxylation is 1. The highest BCUT2D eigenvalue weighted by atomic mass is 16.2. The number of carbonyl (C=O) groups excluding carboxylic acids is 2. The van der Waals surface area contributed by atoms with E-state index < -0.39 is 0 Å². The lowest BCUT2D eigenvalue weighted by Crippen LogP contribution is -2.28. The standard InChI is InChI=1S/C25H24N2O2/c28-24(12-6-9-19-7-2-1-3-8-19)26-22-15-13-21(14-16-22)25(29)27-18-17-20-10-4-5-11-23(20)27/h1-5,7-8,10-11,13-16H,6,9,12,17-18H2,(H,26,28). The maximum absolute atomic E-state index is 12.9. The van der Waals surface area contributed by atoms with Crippen molar-refractivity contribution in [2.24, 2.45) is 0 Å². The molecule has 3 aromatic carbocycles. The van der Waals surface area contributed by atoms with E-state index in [1.54, 1.807) is 24.3 Å². The van der Waals surface area contributed by atoms with Crippen LogP contribution in [0.2, 0.25) is 0 Å². The fourth-order valence-electron chi connectivity index (χ4n) is 3.72. The second kappa shape index (κ2) is 8.74. The van der Waals surface area contributed by atoms with Crippen LogP contribution in [-0.4, -0.2) is 18.4 Å². The normalized spacial score (nSPS) is 12.5. The maximum atomic E-state index is 12.9. The summed E-state index contributed by atoms with van der Waals surface area (Å²) >= 11 is 0. The van der Waals surface area contributed by atoms with Gasteiger partial charge in [-0.15, -0.1) is 0 Å². The Labute approximate surface area is 171 Å². The Morgan fingerprint density at radius 1 is 0.862 bits per heavy atom. The number of hydrogen-bond donors (Lipinski definition) is 1. The molecule has 0 fully saturated rings. The lowest BCUT2D eigenvalue weighted by molar-refractivity contribution is -0.116. The third kappa shape index (κ3) is 4.54. The number of anilines is 2. The van der Waals surface area contributed by atoms with Crippen molar-refractivity contribution < 1.29 is 9.59 Å². The first-order valence-corrected chi connectivity index (χ1v) is 10.0. The average molecular weight is 384 g/mol. The van der Waals surface area contributed by atoms with E-state index in [-0.39, 0.29) is 11.8 Å². The molecule has 146 valence electrons. The van der Waals surface area contributed by atoms with Gasteiger partial charge in [-0.05, 0) is 60.7 Å². The van der Waals surface area contributed by atoms with Crippen LogP contribution in [-0.2, 0) is 17.6 Å². The van der Waals surface area contributed by atoms with Crippen molar-refractivity contribution >= 4 is 23.2 Å². The number of carbonyl (C=O) groups is 2. The second-order valence-corrected chi connectivity index (χ2v) is 7.30. The zero-order valence-corrected chi connectivity index (χ0v) is 16.3. The number of para-hydroxylation sites is 1. The molecule has 0 bridgehead atoms. The van der Waals surface area contributed by atoms with Crippen molar-refractivity contribution in [3.63, 3.8) is 0 Å². The van der Waals surface area contributed by atoms with E-state index in [1.807, 2.05) is 41.3 Å². The fraction of sp³-hybridized carbons (Fsp3) is 0.200. The molecule has 0 radical (unpaired) electrons. The number of benzene rings is 3. The second-order valence-electron chi connectivity index (χ2n) is 7.30. The van der Waals surface area contributed by atoms with E-state index in [0.717, 1.165) is 24.9 Å². The summed E-state index contributed by atoms with van der Waals surface area (Å²) in [6.45, 7) is 0.706. The minimum Gasteiger partial charge on any atom is -0.326 e. The SMILES string of the molecule is O=C(CCCc1ccccc1)Nc1ccc(C(=O)N2CCc3ccccc32)cc1. The van der Waals surface area contributed by atoms with Crippen LogP contribution in [0.4, 0.5) is 11.4 Å². The molecule has 0 aromatic heterocycles. The summed E-state index contributed by atoms with van der Waals surface area (Å²) in [5.41, 5.74) is 4.79. The summed E-state index contributed by atoms with van der Waals surface area (Å²) in [6.07, 6.45) is 3.05. The molecule has 0 atom stereocenters. The van der Waals surface area contributed by atoms with Crippen LogP contribution >= 0.6 is 0 Å². The number of nitrogens with zero attached hydrogens (tertiary/aromatic N) is 1. The predicted octanol–water partition coefficient (Wildman–Crippen LogP) is 4.85. The molecule has 0 saturated heterocycles. The Kier molecular flexibility index (Phi) is 5.71. The first kappa shape index (κ1) is 18.9. The van der Waals surface area contributed by atoms with Crippen LogP contribution in [0.5, 0.6) is 0 Å². The molecule has 0 saturated carbocycles. The van der Waals surface area contributed by atoms with Crippen LogP contribution in [0.3, 0.4) is 0 Å². The molecular formula is C25H24N2O2. The van der Waals surface area contributed by atoms with Gasteiger partial charge in [-0.1, -0.05) is 48.5 Å². The Morgan fingerprint density at radius 3 is 2.38 bits per heavy atom. The zero-order chi connectivity index (χ0) is 20.1. The molecule has 1 aliphatic rings. The van der Waals surface area contributed by atoms with Gasteiger partial charge in [0, 0.05) is 29.9 Å². The summed E-state index contributed by atoms with van der Waals surface area (Å²) in [5, 5.41) is 2.92. The molecule has 4 rings (SSSR count). The molecule has 0 aliphatic carbocycles. The zero-order valence-electron chi connectivity index (χ0n) is 16.3. The molecule has 0 spiro atoms. The van der Waals surface area contributed by atoms with Crippen LogP contribution < -0.4 is 10.2 Å². The number of hydrogen-bond acceptors (Lipinski definition) is 2. The smallest absolute Gasteiger partial charge is 0.258 e. The minimum absolute atomic E-state index is 0.00399. The summed E-state index contributed by atoms with van der Waals surface area (Å²) in [4.78, 5) is 26.9. The van der Waals surface area contributed by atoms with Crippen molar-refractivity contribution in [1.29, 1.82) is 0 Å². The van der Waals surface area contributed by atoms with Gasteiger partial charge in [0.2, 0.25) is 5.91 Å².